The number of hydrogen-bond acceptors (Lipinski definition) is 2. The van der Waals surface area contributed by atoms with Crippen LogP contribution in [-0.2, 0) is 0 Å². The van der Waals surface area contributed by atoms with E-state index in [1.807, 2.05) is 30.6 Å². The number of aryl methyl sites for hydroxylation is 1. The molecule has 0 aliphatic rings. The fourth-order valence-electron chi connectivity index (χ4n) is 1.83. The van der Waals surface area contributed by atoms with Crippen LogP contribution in [0.2, 0.25) is 0 Å². The van der Waals surface area contributed by atoms with Crippen molar-refractivity contribution in [3.8, 4) is 0 Å². The fraction of sp³-hybridized carbons (Fsp3) is 0.231. The number of benzene rings is 1. The van der Waals surface area contributed by atoms with Crippen LogP contribution in [0.15, 0.2) is 34.1 Å². The van der Waals surface area contributed by atoms with Gasteiger partial charge in [-0.15, -0.1) is 11.3 Å². The summed E-state index contributed by atoms with van der Waals surface area (Å²) in [5, 5.41) is 5.17. The van der Waals surface area contributed by atoms with Gasteiger partial charge < -0.3 is 5.32 Å². The van der Waals surface area contributed by atoms with E-state index in [9.17, 15) is 4.39 Å². The third kappa shape index (κ3) is 2.44. The first-order valence-electron chi connectivity index (χ1n) is 5.30. The third-order valence-corrected chi connectivity index (χ3v) is 4.66. The van der Waals surface area contributed by atoms with Gasteiger partial charge in [0, 0.05) is 14.9 Å². The van der Waals surface area contributed by atoms with E-state index in [4.69, 9.17) is 0 Å². The highest BCUT2D eigenvalue weighted by Gasteiger charge is 2.20. The minimum atomic E-state index is -0.132. The van der Waals surface area contributed by atoms with Gasteiger partial charge in [-0.2, -0.15) is 0 Å². The Bertz CT molecular complexity index is 524. The SMILES string of the molecule is CNC(c1cccc(C)c1F)c1sccc1Br. The predicted molar refractivity (Wildman–Crippen MR) is 74.1 cm³/mol. The summed E-state index contributed by atoms with van der Waals surface area (Å²) in [5.41, 5.74) is 1.37. The van der Waals surface area contributed by atoms with Crippen molar-refractivity contribution in [2.75, 3.05) is 7.05 Å². The van der Waals surface area contributed by atoms with Crippen LogP contribution in [0.3, 0.4) is 0 Å². The average Bonchev–Trinajstić information content (AvgIpc) is 2.72. The molecule has 1 aromatic carbocycles. The molecular weight excluding hydrogens is 301 g/mol. The minimum absolute atomic E-state index is 0.107. The summed E-state index contributed by atoms with van der Waals surface area (Å²) in [7, 11) is 1.85. The zero-order valence-corrected chi connectivity index (χ0v) is 12.0. The van der Waals surface area contributed by atoms with E-state index in [-0.39, 0.29) is 11.9 Å². The summed E-state index contributed by atoms with van der Waals surface area (Å²) >= 11 is 5.11. The van der Waals surface area contributed by atoms with Crippen LogP contribution in [0.25, 0.3) is 0 Å². The first kappa shape index (κ1) is 12.7. The van der Waals surface area contributed by atoms with Gasteiger partial charge >= 0.3 is 0 Å². The summed E-state index contributed by atoms with van der Waals surface area (Å²) in [6, 6.07) is 7.38. The van der Waals surface area contributed by atoms with Gasteiger partial charge in [0.05, 0.1) is 6.04 Å². The predicted octanol–water partition coefficient (Wildman–Crippen LogP) is 4.27. The highest BCUT2D eigenvalue weighted by molar-refractivity contribution is 9.10. The lowest BCUT2D eigenvalue weighted by atomic mass is 10.0. The molecule has 4 heteroatoms. The monoisotopic (exact) mass is 313 g/mol. The lowest BCUT2D eigenvalue weighted by Crippen LogP contribution is -2.18. The Hall–Kier alpha value is -0.710. The Morgan fingerprint density at radius 3 is 2.71 bits per heavy atom. The molecule has 0 spiro atoms. The Labute approximate surface area is 113 Å². The normalized spacial score (nSPS) is 12.7. The van der Waals surface area contributed by atoms with Crippen LogP contribution < -0.4 is 5.32 Å². The average molecular weight is 314 g/mol. The molecule has 0 saturated carbocycles. The fourth-order valence-corrected chi connectivity index (χ4v) is 3.56. The van der Waals surface area contributed by atoms with E-state index in [0.717, 1.165) is 9.35 Å². The standard InChI is InChI=1S/C13H13BrFNS/c1-8-4-3-5-9(11(8)15)12(16-2)13-10(14)6-7-17-13/h3-7,12,16H,1-2H3. The maximum absolute atomic E-state index is 14.1. The van der Waals surface area contributed by atoms with Gasteiger partial charge in [0.2, 0.25) is 0 Å². The van der Waals surface area contributed by atoms with Crippen LogP contribution in [0.1, 0.15) is 22.0 Å². The van der Waals surface area contributed by atoms with Gasteiger partial charge in [0.1, 0.15) is 5.82 Å². The Morgan fingerprint density at radius 2 is 2.12 bits per heavy atom. The molecule has 1 heterocycles. The van der Waals surface area contributed by atoms with E-state index < -0.39 is 0 Å². The molecule has 0 amide bonds. The summed E-state index contributed by atoms with van der Waals surface area (Å²) in [4.78, 5) is 1.09. The lowest BCUT2D eigenvalue weighted by Gasteiger charge is -2.17. The highest BCUT2D eigenvalue weighted by Crippen LogP contribution is 2.34. The topological polar surface area (TPSA) is 12.0 Å². The molecular formula is C13H13BrFNS. The van der Waals surface area contributed by atoms with Gasteiger partial charge in [0.15, 0.2) is 0 Å². The lowest BCUT2D eigenvalue weighted by molar-refractivity contribution is 0.571. The molecule has 1 atom stereocenters. The van der Waals surface area contributed by atoms with Crippen LogP contribution in [0.4, 0.5) is 4.39 Å². The maximum Gasteiger partial charge on any atom is 0.131 e. The van der Waals surface area contributed by atoms with Gasteiger partial charge in [-0.05, 0) is 46.9 Å². The van der Waals surface area contributed by atoms with E-state index in [0.29, 0.717) is 11.1 Å². The van der Waals surface area contributed by atoms with Crippen LogP contribution in [-0.4, -0.2) is 7.05 Å². The van der Waals surface area contributed by atoms with Gasteiger partial charge in [0.25, 0.3) is 0 Å². The first-order valence-corrected chi connectivity index (χ1v) is 6.97. The molecule has 1 nitrogen and oxygen atoms in total. The van der Waals surface area contributed by atoms with Gasteiger partial charge in [-0.1, -0.05) is 18.2 Å². The summed E-state index contributed by atoms with van der Waals surface area (Å²) < 4.78 is 15.1. The quantitative estimate of drug-likeness (QED) is 0.892. The molecule has 1 unspecified atom stereocenters. The Kier molecular flexibility index (Phi) is 3.97. The van der Waals surface area contributed by atoms with Crippen molar-refractivity contribution < 1.29 is 4.39 Å². The third-order valence-electron chi connectivity index (χ3n) is 2.73. The number of halogens is 2. The van der Waals surface area contributed by atoms with Gasteiger partial charge in [-0.25, -0.2) is 4.39 Å². The zero-order chi connectivity index (χ0) is 12.4. The minimum Gasteiger partial charge on any atom is -0.309 e. The number of hydrogen-bond donors (Lipinski definition) is 1. The summed E-state index contributed by atoms with van der Waals surface area (Å²) in [5.74, 6) is -0.132. The van der Waals surface area contributed by atoms with Gasteiger partial charge in [-0.3, -0.25) is 0 Å². The van der Waals surface area contributed by atoms with E-state index in [1.165, 1.54) is 0 Å². The molecule has 0 bridgehead atoms. The number of nitrogens with one attached hydrogen (secondary N) is 1. The van der Waals surface area contributed by atoms with Crippen LogP contribution in [0, 0.1) is 12.7 Å². The van der Waals surface area contributed by atoms with E-state index >= 15 is 0 Å². The molecule has 2 rings (SSSR count). The van der Waals surface area contributed by atoms with Crippen molar-refractivity contribution in [2.45, 2.75) is 13.0 Å². The van der Waals surface area contributed by atoms with Crippen LogP contribution >= 0.6 is 27.3 Å². The molecule has 1 N–H and O–H groups in total. The first-order chi connectivity index (χ1) is 8.15. The molecule has 17 heavy (non-hydrogen) atoms. The zero-order valence-electron chi connectivity index (χ0n) is 9.63. The molecule has 0 radical (unpaired) electrons. The molecule has 0 aliphatic carbocycles. The van der Waals surface area contributed by atoms with E-state index in [1.54, 1.807) is 24.3 Å². The largest absolute Gasteiger partial charge is 0.309 e. The Morgan fingerprint density at radius 1 is 1.35 bits per heavy atom. The van der Waals surface area contributed by atoms with E-state index in [2.05, 4.69) is 21.2 Å². The maximum atomic E-state index is 14.1. The molecule has 90 valence electrons. The van der Waals surface area contributed by atoms with Crippen molar-refractivity contribution >= 4 is 27.3 Å². The van der Waals surface area contributed by atoms with Crippen LogP contribution in [0.5, 0.6) is 0 Å². The summed E-state index contributed by atoms with van der Waals surface area (Å²) in [6.45, 7) is 1.79. The highest BCUT2D eigenvalue weighted by atomic mass is 79.9. The second-order valence-electron chi connectivity index (χ2n) is 3.83. The molecule has 2 aromatic rings. The summed E-state index contributed by atoms with van der Waals surface area (Å²) in [6.07, 6.45) is 0. The molecule has 0 saturated heterocycles. The smallest absolute Gasteiger partial charge is 0.131 e. The molecule has 0 aliphatic heterocycles. The van der Waals surface area contributed by atoms with Crippen molar-refractivity contribution in [1.82, 2.24) is 5.32 Å². The number of rotatable bonds is 3. The second-order valence-corrected chi connectivity index (χ2v) is 5.63. The number of thiophene rings is 1. The molecule has 0 fully saturated rings. The van der Waals surface area contributed by atoms with Crippen molar-refractivity contribution in [1.29, 1.82) is 0 Å². The second kappa shape index (κ2) is 5.29. The molecule has 1 aromatic heterocycles. The van der Waals surface area contributed by atoms with Crippen molar-refractivity contribution in [3.63, 3.8) is 0 Å². The van der Waals surface area contributed by atoms with Crippen molar-refractivity contribution in [2.24, 2.45) is 0 Å². The Balaban J connectivity index is 2.50. The van der Waals surface area contributed by atoms with Crippen molar-refractivity contribution in [3.05, 3.63) is 55.9 Å².